The fraction of sp³-hybridized carbons (Fsp3) is 0.750. The van der Waals surface area contributed by atoms with Crippen molar-refractivity contribution >= 4 is 17.8 Å². The van der Waals surface area contributed by atoms with E-state index in [1.54, 1.807) is 11.8 Å². The molecule has 2 saturated heterocycles. The van der Waals surface area contributed by atoms with E-state index in [1.807, 2.05) is 0 Å². The molecule has 2 aliphatic rings. The number of piperidine rings is 1. The molecule has 0 aliphatic carbocycles. The molecule has 0 radical (unpaired) electrons. The van der Waals surface area contributed by atoms with Gasteiger partial charge < -0.3 is 15.3 Å². The minimum Gasteiger partial charge on any atom is -0.481 e. The van der Waals surface area contributed by atoms with Crippen molar-refractivity contribution in [3.8, 4) is 0 Å². The fourth-order valence-corrected chi connectivity index (χ4v) is 2.62. The third kappa shape index (κ3) is 2.32. The van der Waals surface area contributed by atoms with Crippen LogP contribution in [0.5, 0.6) is 0 Å². The Morgan fingerprint density at radius 2 is 2.22 bits per heavy atom. The lowest BCUT2D eigenvalue weighted by molar-refractivity contribution is -0.154. The number of carbonyl (C=O) groups is 3. The molecule has 0 spiro atoms. The van der Waals surface area contributed by atoms with Gasteiger partial charge in [-0.2, -0.15) is 0 Å². The number of carbonyl (C=O) groups excluding carboxylic acids is 2. The molecular weight excluding hydrogens is 236 g/mol. The van der Waals surface area contributed by atoms with Crippen LogP contribution in [0.4, 0.5) is 0 Å². The van der Waals surface area contributed by atoms with Crippen molar-refractivity contribution in [2.75, 3.05) is 13.1 Å². The molecule has 0 aromatic rings. The number of carboxylic acid groups (broad SMARTS) is 1. The van der Waals surface area contributed by atoms with E-state index in [9.17, 15) is 19.5 Å². The molecule has 0 saturated carbocycles. The van der Waals surface area contributed by atoms with Crippen molar-refractivity contribution in [1.29, 1.82) is 0 Å². The van der Waals surface area contributed by atoms with Crippen LogP contribution in [0.2, 0.25) is 0 Å². The summed E-state index contributed by atoms with van der Waals surface area (Å²) in [4.78, 5) is 36.1. The smallest absolute Gasteiger partial charge is 0.311 e. The van der Waals surface area contributed by atoms with Gasteiger partial charge in [-0.1, -0.05) is 0 Å². The molecular formula is C12H18N2O4. The molecule has 18 heavy (non-hydrogen) atoms. The molecule has 2 atom stereocenters. The monoisotopic (exact) mass is 254 g/mol. The highest BCUT2D eigenvalue weighted by Gasteiger charge is 2.41. The number of nitrogens with one attached hydrogen (secondary N) is 1. The van der Waals surface area contributed by atoms with Crippen LogP contribution in [-0.4, -0.2) is 46.9 Å². The highest BCUT2D eigenvalue weighted by atomic mass is 16.4. The van der Waals surface area contributed by atoms with Gasteiger partial charge in [0.1, 0.15) is 6.04 Å². The zero-order valence-corrected chi connectivity index (χ0v) is 10.4. The summed E-state index contributed by atoms with van der Waals surface area (Å²) in [6, 6.07) is -0.464. The third-order valence-electron chi connectivity index (χ3n) is 3.82. The highest BCUT2D eigenvalue weighted by Crippen LogP contribution is 2.30. The third-order valence-corrected chi connectivity index (χ3v) is 3.82. The number of hydrogen-bond donors (Lipinski definition) is 2. The lowest BCUT2D eigenvalue weighted by atomic mass is 9.82. The largest absolute Gasteiger partial charge is 0.481 e. The minimum absolute atomic E-state index is 0.105. The second-order valence-electron chi connectivity index (χ2n) is 5.39. The second-order valence-corrected chi connectivity index (χ2v) is 5.39. The molecule has 0 bridgehead atoms. The van der Waals surface area contributed by atoms with Crippen molar-refractivity contribution in [3.05, 3.63) is 0 Å². The number of nitrogens with zero attached hydrogens (tertiary/aromatic N) is 1. The van der Waals surface area contributed by atoms with Crippen molar-refractivity contribution < 1.29 is 19.5 Å². The van der Waals surface area contributed by atoms with E-state index in [0.717, 1.165) is 0 Å². The van der Waals surface area contributed by atoms with Crippen LogP contribution in [-0.2, 0) is 14.4 Å². The SMILES string of the molecule is CC1(C(=O)O)CCCN(C(=O)C2CCC(=O)N2)C1. The van der Waals surface area contributed by atoms with Gasteiger partial charge in [0.25, 0.3) is 0 Å². The topological polar surface area (TPSA) is 86.7 Å². The number of carboxylic acids is 1. The Bertz CT molecular complexity index is 396. The minimum atomic E-state index is -0.865. The van der Waals surface area contributed by atoms with Gasteiger partial charge in [0.15, 0.2) is 0 Å². The number of hydrogen-bond acceptors (Lipinski definition) is 3. The molecule has 2 aliphatic heterocycles. The summed E-state index contributed by atoms with van der Waals surface area (Å²) in [6.07, 6.45) is 2.16. The molecule has 2 rings (SSSR count). The molecule has 6 heteroatoms. The highest BCUT2D eigenvalue weighted by molar-refractivity contribution is 5.91. The Balaban J connectivity index is 2.03. The van der Waals surface area contributed by atoms with E-state index < -0.39 is 17.4 Å². The molecule has 2 amide bonds. The van der Waals surface area contributed by atoms with Crippen molar-refractivity contribution in [1.82, 2.24) is 10.2 Å². The Kier molecular flexibility index (Phi) is 3.28. The predicted molar refractivity (Wildman–Crippen MR) is 62.7 cm³/mol. The van der Waals surface area contributed by atoms with Crippen molar-refractivity contribution in [3.63, 3.8) is 0 Å². The summed E-state index contributed by atoms with van der Waals surface area (Å²) in [5.74, 6) is -1.12. The molecule has 2 heterocycles. The summed E-state index contributed by atoms with van der Waals surface area (Å²) in [5.41, 5.74) is -0.865. The Morgan fingerprint density at radius 1 is 1.50 bits per heavy atom. The molecule has 0 aromatic carbocycles. The lowest BCUT2D eigenvalue weighted by Crippen LogP contribution is -2.53. The van der Waals surface area contributed by atoms with Gasteiger partial charge >= 0.3 is 5.97 Å². The molecule has 6 nitrogen and oxygen atoms in total. The van der Waals surface area contributed by atoms with Gasteiger partial charge in [0, 0.05) is 19.5 Å². The van der Waals surface area contributed by atoms with E-state index in [2.05, 4.69) is 5.32 Å². The van der Waals surface area contributed by atoms with Crippen LogP contribution in [0.1, 0.15) is 32.6 Å². The maximum absolute atomic E-state index is 12.2. The van der Waals surface area contributed by atoms with Gasteiger partial charge in [-0.25, -0.2) is 0 Å². The number of amides is 2. The molecule has 2 unspecified atom stereocenters. The maximum Gasteiger partial charge on any atom is 0.311 e. The van der Waals surface area contributed by atoms with Gasteiger partial charge in [-0.05, 0) is 26.2 Å². The summed E-state index contributed by atoms with van der Waals surface area (Å²) < 4.78 is 0. The van der Waals surface area contributed by atoms with Gasteiger partial charge in [-0.15, -0.1) is 0 Å². The number of likely N-dealkylation sites (tertiary alicyclic amines) is 1. The second kappa shape index (κ2) is 4.59. The average Bonchev–Trinajstić information content (AvgIpc) is 2.75. The standard InChI is InChI=1S/C12H18N2O4/c1-12(11(17)18)5-2-6-14(7-12)10(16)8-3-4-9(15)13-8/h8H,2-7H2,1H3,(H,13,15)(H,17,18). The zero-order valence-electron chi connectivity index (χ0n) is 10.4. The average molecular weight is 254 g/mol. The van der Waals surface area contributed by atoms with E-state index >= 15 is 0 Å². The van der Waals surface area contributed by atoms with Crippen LogP contribution in [0.3, 0.4) is 0 Å². The summed E-state index contributed by atoms with van der Waals surface area (Å²) >= 11 is 0. The van der Waals surface area contributed by atoms with Crippen LogP contribution in [0.15, 0.2) is 0 Å². The van der Waals surface area contributed by atoms with E-state index in [-0.39, 0.29) is 18.4 Å². The molecule has 100 valence electrons. The first-order valence-electron chi connectivity index (χ1n) is 6.24. The van der Waals surface area contributed by atoms with Crippen LogP contribution in [0.25, 0.3) is 0 Å². The number of rotatable bonds is 2. The normalized spacial score (nSPS) is 32.2. The summed E-state index contributed by atoms with van der Waals surface area (Å²) in [7, 11) is 0. The maximum atomic E-state index is 12.2. The van der Waals surface area contributed by atoms with E-state index in [1.165, 1.54) is 0 Å². The Labute approximate surface area is 105 Å². The Morgan fingerprint density at radius 3 is 2.78 bits per heavy atom. The predicted octanol–water partition coefficient (Wildman–Crippen LogP) is -0.0217. The van der Waals surface area contributed by atoms with Crippen molar-refractivity contribution in [2.45, 2.75) is 38.6 Å². The molecule has 2 N–H and O–H groups in total. The quantitative estimate of drug-likeness (QED) is 0.725. The van der Waals surface area contributed by atoms with Crippen LogP contribution < -0.4 is 5.32 Å². The zero-order chi connectivity index (χ0) is 13.3. The molecule has 2 fully saturated rings. The first-order valence-corrected chi connectivity index (χ1v) is 6.24. The summed E-state index contributed by atoms with van der Waals surface area (Å²) in [5, 5.41) is 11.8. The summed E-state index contributed by atoms with van der Waals surface area (Å²) in [6.45, 7) is 2.48. The van der Waals surface area contributed by atoms with Crippen LogP contribution in [0, 0.1) is 5.41 Å². The van der Waals surface area contributed by atoms with Gasteiger partial charge in [0.2, 0.25) is 11.8 Å². The number of aliphatic carboxylic acids is 1. The van der Waals surface area contributed by atoms with Crippen molar-refractivity contribution in [2.24, 2.45) is 5.41 Å². The first kappa shape index (κ1) is 12.9. The van der Waals surface area contributed by atoms with E-state index in [4.69, 9.17) is 0 Å². The fourth-order valence-electron chi connectivity index (χ4n) is 2.62. The first-order chi connectivity index (χ1) is 8.42. The van der Waals surface area contributed by atoms with Crippen LogP contribution >= 0.6 is 0 Å². The van der Waals surface area contributed by atoms with Gasteiger partial charge in [0.05, 0.1) is 5.41 Å². The van der Waals surface area contributed by atoms with Gasteiger partial charge in [-0.3, -0.25) is 14.4 Å². The van der Waals surface area contributed by atoms with E-state index in [0.29, 0.717) is 32.2 Å². The molecule has 0 aromatic heterocycles. The Hall–Kier alpha value is -1.59. The lowest BCUT2D eigenvalue weighted by Gasteiger charge is -2.38.